The third-order valence-electron chi connectivity index (χ3n) is 7.64. The van der Waals surface area contributed by atoms with Gasteiger partial charge in [-0.2, -0.15) is 0 Å². The van der Waals surface area contributed by atoms with Crippen molar-refractivity contribution in [3.8, 4) is 5.75 Å². The Balaban J connectivity index is 1.43. The lowest BCUT2D eigenvalue weighted by molar-refractivity contribution is -0.140. The molecule has 0 heterocycles. The zero-order chi connectivity index (χ0) is 21.3. The van der Waals surface area contributed by atoms with Gasteiger partial charge >= 0.3 is 5.97 Å². The highest BCUT2D eigenvalue weighted by Gasteiger charge is 2.33. The highest BCUT2D eigenvalue weighted by Crippen LogP contribution is 2.42. The molecule has 2 aliphatic carbocycles. The van der Waals surface area contributed by atoms with E-state index in [1.807, 2.05) is 6.07 Å². The molecule has 1 aromatic carbocycles. The summed E-state index contributed by atoms with van der Waals surface area (Å²) in [5.41, 5.74) is 0.981. The van der Waals surface area contributed by atoms with Crippen LogP contribution in [-0.2, 0) is 11.2 Å². The zero-order valence-electron chi connectivity index (χ0n) is 19.1. The molecule has 0 aliphatic heterocycles. The quantitative estimate of drug-likeness (QED) is 0.232. The van der Waals surface area contributed by atoms with Crippen LogP contribution >= 0.6 is 0 Å². The molecule has 2 nitrogen and oxygen atoms in total. The fourth-order valence-electron chi connectivity index (χ4n) is 5.74. The van der Waals surface area contributed by atoms with Crippen molar-refractivity contribution in [1.82, 2.24) is 0 Å². The highest BCUT2D eigenvalue weighted by molar-refractivity contribution is 5.75. The van der Waals surface area contributed by atoms with Gasteiger partial charge in [-0.25, -0.2) is 4.39 Å². The number of halogens is 1. The lowest BCUT2D eigenvalue weighted by atomic mass is 9.69. The molecule has 2 saturated carbocycles. The molecule has 0 spiro atoms. The smallest absolute Gasteiger partial charge is 0.314 e. The number of aryl methyl sites for hydroxylation is 1. The molecular formula is C27H41FO2. The minimum absolute atomic E-state index is 0.0682. The van der Waals surface area contributed by atoms with Gasteiger partial charge in [-0.15, -0.1) is 0 Å². The molecule has 2 aliphatic rings. The van der Waals surface area contributed by atoms with Crippen LogP contribution in [0.25, 0.3) is 0 Å². The first-order valence-corrected chi connectivity index (χ1v) is 12.6. The van der Waals surface area contributed by atoms with E-state index in [4.69, 9.17) is 4.74 Å². The minimum atomic E-state index is -0.408. The second-order valence-corrected chi connectivity index (χ2v) is 9.82. The third kappa shape index (κ3) is 6.56. The minimum Gasteiger partial charge on any atom is -0.423 e. The molecule has 3 rings (SSSR count). The molecule has 0 bridgehead atoms. The van der Waals surface area contributed by atoms with E-state index in [0.29, 0.717) is 0 Å². The summed E-state index contributed by atoms with van der Waals surface area (Å²) in [6, 6.07) is 5.06. The van der Waals surface area contributed by atoms with Gasteiger partial charge in [-0.05, 0) is 86.8 Å². The molecule has 0 saturated heterocycles. The number of esters is 1. The Morgan fingerprint density at radius 2 is 1.60 bits per heavy atom. The Bertz CT molecular complexity index is 655. The molecule has 2 fully saturated rings. The summed E-state index contributed by atoms with van der Waals surface area (Å²) < 4.78 is 19.9. The van der Waals surface area contributed by atoms with Crippen molar-refractivity contribution >= 4 is 5.97 Å². The number of carbonyl (C=O) groups excluding carboxylic acids is 1. The van der Waals surface area contributed by atoms with Gasteiger partial charge in [0.05, 0.1) is 5.92 Å². The molecule has 0 radical (unpaired) electrons. The number of unbranched alkanes of at least 4 members (excludes halogenated alkanes) is 2. The number of hydrogen-bond donors (Lipinski definition) is 0. The lowest BCUT2D eigenvalue weighted by Crippen LogP contribution is -2.30. The van der Waals surface area contributed by atoms with Gasteiger partial charge in [0.1, 0.15) is 0 Å². The van der Waals surface area contributed by atoms with Gasteiger partial charge in [0.2, 0.25) is 0 Å². The van der Waals surface area contributed by atoms with E-state index in [2.05, 4.69) is 13.8 Å². The number of carbonyl (C=O) groups is 1. The first-order chi connectivity index (χ1) is 14.6. The molecule has 0 aromatic heterocycles. The van der Waals surface area contributed by atoms with Crippen LogP contribution in [0.15, 0.2) is 18.2 Å². The highest BCUT2D eigenvalue weighted by atomic mass is 19.1. The predicted octanol–water partition coefficient (Wildman–Crippen LogP) is 7.88. The van der Waals surface area contributed by atoms with Gasteiger partial charge in [-0.3, -0.25) is 4.79 Å². The van der Waals surface area contributed by atoms with Crippen molar-refractivity contribution in [2.75, 3.05) is 0 Å². The summed E-state index contributed by atoms with van der Waals surface area (Å²) in [6.07, 6.45) is 16.5. The Hall–Kier alpha value is -1.38. The summed E-state index contributed by atoms with van der Waals surface area (Å²) in [7, 11) is 0. The number of hydrogen-bond acceptors (Lipinski definition) is 2. The first-order valence-electron chi connectivity index (χ1n) is 12.6. The number of rotatable bonds is 9. The fraction of sp³-hybridized carbons (Fsp3) is 0.741. The number of benzene rings is 1. The van der Waals surface area contributed by atoms with Crippen LogP contribution in [-0.4, -0.2) is 5.97 Å². The van der Waals surface area contributed by atoms with Crippen LogP contribution < -0.4 is 4.74 Å². The van der Waals surface area contributed by atoms with E-state index >= 15 is 0 Å². The normalized spacial score (nSPS) is 27.0. The molecule has 0 N–H and O–H groups in total. The molecule has 1 aromatic rings. The van der Waals surface area contributed by atoms with Crippen LogP contribution in [0.3, 0.4) is 0 Å². The van der Waals surface area contributed by atoms with Crippen molar-refractivity contribution in [2.45, 2.75) is 104 Å². The molecule has 0 unspecified atom stereocenters. The zero-order valence-corrected chi connectivity index (χ0v) is 19.1. The fourth-order valence-corrected chi connectivity index (χ4v) is 5.74. The van der Waals surface area contributed by atoms with Crippen molar-refractivity contribution < 1.29 is 13.9 Å². The average molecular weight is 417 g/mol. The molecule has 0 atom stereocenters. The molecular weight excluding hydrogens is 375 g/mol. The van der Waals surface area contributed by atoms with Crippen molar-refractivity contribution in [3.05, 3.63) is 29.6 Å². The molecule has 3 heteroatoms. The summed E-state index contributed by atoms with van der Waals surface area (Å²) in [5.74, 6) is 1.96. The summed E-state index contributed by atoms with van der Waals surface area (Å²) in [6.45, 7) is 4.45. The summed E-state index contributed by atoms with van der Waals surface area (Å²) >= 11 is 0. The maximum Gasteiger partial charge on any atom is 0.314 e. The summed E-state index contributed by atoms with van der Waals surface area (Å²) in [4.78, 5) is 12.6. The maximum atomic E-state index is 14.4. The molecule has 168 valence electrons. The van der Waals surface area contributed by atoms with Crippen LogP contribution in [0, 0.1) is 29.5 Å². The first kappa shape index (κ1) is 23.3. The Kier molecular flexibility index (Phi) is 9.21. The van der Waals surface area contributed by atoms with Crippen molar-refractivity contribution in [2.24, 2.45) is 23.7 Å². The van der Waals surface area contributed by atoms with E-state index in [1.165, 1.54) is 44.6 Å². The Morgan fingerprint density at radius 1 is 0.933 bits per heavy atom. The van der Waals surface area contributed by atoms with Crippen LogP contribution in [0.2, 0.25) is 0 Å². The Morgan fingerprint density at radius 3 is 2.20 bits per heavy atom. The second-order valence-electron chi connectivity index (χ2n) is 9.82. The monoisotopic (exact) mass is 416 g/mol. The van der Waals surface area contributed by atoms with Gasteiger partial charge in [0.25, 0.3) is 0 Å². The van der Waals surface area contributed by atoms with Gasteiger partial charge in [-0.1, -0.05) is 58.4 Å². The van der Waals surface area contributed by atoms with Crippen LogP contribution in [0.5, 0.6) is 5.75 Å². The number of ether oxygens (including phenoxy) is 1. The second kappa shape index (κ2) is 11.9. The van der Waals surface area contributed by atoms with Crippen molar-refractivity contribution in [3.63, 3.8) is 0 Å². The van der Waals surface area contributed by atoms with Crippen molar-refractivity contribution in [1.29, 1.82) is 0 Å². The van der Waals surface area contributed by atoms with Gasteiger partial charge < -0.3 is 4.74 Å². The predicted molar refractivity (Wildman–Crippen MR) is 121 cm³/mol. The van der Waals surface area contributed by atoms with E-state index in [1.54, 1.807) is 6.07 Å². The van der Waals surface area contributed by atoms with E-state index in [0.717, 1.165) is 74.7 Å². The van der Waals surface area contributed by atoms with E-state index in [-0.39, 0.29) is 17.6 Å². The van der Waals surface area contributed by atoms with Gasteiger partial charge in [0.15, 0.2) is 11.6 Å². The topological polar surface area (TPSA) is 26.3 Å². The standard InChI is InChI=1S/C27H41FO2/c1-3-5-6-8-21-11-18-26(25(28)19-21)30-27(29)24-16-14-23(15-17-24)22-12-9-20(7-4-2)10-13-22/h11,18-20,22-24H,3-10,12-17H2,1-2H3/t20-,22-,23-,24-. The van der Waals surface area contributed by atoms with Crippen LogP contribution in [0.4, 0.5) is 4.39 Å². The van der Waals surface area contributed by atoms with E-state index in [9.17, 15) is 9.18 Å². The lowest BCUT2D eigenvalue weighted by Gasteiger charge is -2.37. The summed E-state index contributed by atoms with van der Waals surface area (Å²) in [5, 5.41) is 0. The third-order valence-corrected chi connectivity index (χ3v) is 7.64. The SMILES string of the molecule is CCCCCc1ccc(OC(=O)[C@H]2CC[C@H]([C@H]3CC[C@H](CCC)CC3)CC2)c(F)c1. The van der Waals surface area contributed by atoms with Crippen LogP contribution in [0.1, 0.15) is 103 Å². The van der Waals surface area contributed by atoms with Gasteiger partial charge in [0, 0.05) is 0 Å². The molecule has 0 amide bonds. The Labute approximate surface area is 183 Å². The maximum absolute atomic E-state index is 14.4. The molecule has 30 heavy (non-hydrogen) atoms. The average Bonchev–Trinajstić information content (AvgIpc) is 2.76. The largest absolute Gasteiger partial charge is 0.423 e. The van der Waals surface area contributed by atoms with E-state index < -0.39 is 5.82 Å².